The molecule has 144 valence electrons. The third-order valence-corrected chi connectivity index (χ3v) is 3.72. The van der Waals surface area contributed by atoms with Crippen LogP contribution in [-0.2, 0) is 16.0 Å². The van der Waals surface area contributed by atoms with Crippen molar-refractivity contribution in [2.75, 3.05) is 54.2 Å². The molecule has 0 bridgehead atoms. The number of aliphatic hydroxyl groups excluding tert-OH is 1. The van der Waals surface area contributed by atoms with Gasteiger partial charge in [-0.3, -0.25) is 4.90 Å². The second kappa shape index (κ2) is 12.1. The molecule has 6 nitrogen and oxygen atoms in total. The number of methoxy groups -OCH3 is 3. The van der Waals surface area contributed by atoms with Crippen molar-refractivity contribution in [1.29, 1.82) is 0 Å². The van der Waals surface area contributed by atoms with Gasteiger partial charge in [0.15, 0.2) is 11.5 Å². The van der Waals surface area contributed by atoms with E-state index in [2.05, 4.69) is 18.7 Å². The van der Waals surface area contributed by atoms with Crippen LogP contribution in [-0.4, -0.2) is 70.3 Å². The Morgan fingerprint density at radius 1 is 1.08 bits per heavy atom. The monoisotopic (exact) mass is 355 g/mol. The molecule has 0 amide bonds. The average molecular weight is 355 g/mol. The molecule has 0 radical (unpaired) electrons. The molecule has 0 saturated heterocycles. The largest absolute Gasteiger partial charge is 0.493 e. The third-order valence-electron chi connectivity index (χ3n) is 3.72. The van der Waals surface area contributed by atoms with Crippen molar-refractivity contribution in [3.63, 3.8) is 0 Å². The van der Waals surface area contributed by atoms with Gasteiger partial charge in [-0.25, -0.2) is 0 Å². The second-order valence-corrected chi connectivity index (χ2v) is 6.47. The molecule has 1 N–H and O–H groups in total. The Bertz CT molecular complexity index is 481. The summed E-state index contributed by atoms with van der Waals surface area (Å²) < 4.78 is 21.6. The Kier molecular flexibility index (Phi) is 10.5. The van der Waals surface area contributed by atoms with E-state index in [1.165, 1.54) is 0 Å². The van der Waals surface area contributed by atoms with E-state index < -0.39 is 6.10 Å². The highest BCUT2D eigenvalue weighted by Gasteiger charge is 2.16. The predicted molar refractivity (Wildman–Crippen MR) is 98.4 cm³/mol. The first kappa shape index (κ1) is 21.7. The van der Waals surface area contributed by atoms with Gasteiger partial charge in [-0.1, -0.05) is 26.0 Å². The molecular formula is C19H33NO5. The lowest BCUT2D eigenvalue weighted by atomic mass is 10.1. The van der Waals surface area contributed by atoms with Crippen LogP contribution in [0.2, 0.25) is 0 Å². The maximum atomic E-state index is 10.3. The van der Waals surface area contributed by atoms with E-state index in [-0.39, 0.29) is 0 Å². The zero-order valence-corrected chi connectivity index (χ0v) is 16.2. The molecule has 0 heterocycles. The summed E-state index contributed by atoms with van der Waals surface area (Å²) in [5, 5.41) is 10.3. The van der Waals surface area contributed by atoms with Gasteiger partial charge in [0, 0.05) is 38.9 Å². The number of rotatable bonds is 13. The summed E-state index contributed by atoms with van der Waals surface area (Å²) >= 11 is 0. The molecule has 0 aliphatic rings. The molecule has 1 aromatic carbocycles. The molecular weight excluding hydrogens is 322 g/mol. The quantitative estimate of drug-likeness (QED) is 0.585. The van der Waals surface area contributed by atoms with Gasteiger partial charge in [0.1, 0.15) is 0 Å². The fourth-order valence-electron chi connectivity index (χ4n) is 2.56. The van der Waals surface area contributed by atoms with Gasteiger partial charge < -0.3 is 24.1 Å². The van der Waals surface area contributed by atoms with Crippen LogP contribution in [0.3, 0.4) is 0 Å². The Morgan fingerprint density at radius 2 is 1.84 bits per heavy atom. The molecule has 1 unspecified atom stereocenters. The second-order valence-electron chi connectivity index (χ2n) is 6.47. The summed E-state index contributed by atoms with van der Waals surface area (Å²) in [4.78, 5) is 2.13. The van der Waals surface area contributed by atoms with Crippen LogP contribution in [0.5, 0.6) is 11.5 Å². The van der Waals surface area contributed by atoms with Crippen molar-refractivity contribution >= 4 is 0 Å². The molecule has 0 spiro atoms. The molecule has 1 rings (SSSR count). The fraction of sp³-hybridized carbons (Fsp3) is 0.684. The van der Waals surface area contributed by atoms with E-state index in [9.17, 15) is 5.11 Å². The van der Waals surface area contributed by atoms with Crippen molar-refractivity contribution in [2.45, 2.75) is 26.5 Å². The topological polar surface area (TPSA) is 60.4 Å². The van der Waals surface area contributed by atoms with Gasteiger partial charge >= 0.3 is 0 Å². The van der Waals surface area contributed by atoms with Gasteiger partial charge in [-0.2, -0.15) is 0 Å². The molecule has 25 heavy (non-hydrogen) atoms. The number of para-hydroxylation sites is 1. The van der Waals surface area contributed by atoms with Gasteiger partial charge in [-0.15, -0.1) is 0 Å². The molecule has 0 aliphatic carbocycles. The maximum absolute atomic E-state index is 10.3. The molecule has 1 aromatic rings. The summed E-state index contributed by atoms with van der Waals surface area (Å²) in [7, 11) is 4.93. The Morgan fingerprint density at radius 3 is 2.44 bits per heavy atom. The highest BCUT2D eigenvalue weighted by atomic mass is 16.5. The summed E-state index contributed by atoms with van der Waals surface area (Å²) in [5.41, 5.74) is 1.01. The lowest BCUT2D eigenvalue weighted by molar-refractivity contribution is 0.00324. The number of aliphatic hydroxyl groups is 1. The van der Waals surface area contributed by atoms with Crippen molar-refractivity contribution in [3.8, 4) is 11.5 Å². The standard InChI is InChI=1S/C19H33NO5/c1-15(2)13-25-14-17(21)12-20(9-10-22-3)11-16-7-6-8-18(23-4)19(16)24-5/h6-8,15,17,21H,9-14H2,1-5H3. The fourth-order valence-corrected chi connectivity index (χ4v) is 2.56. The SMILES string of the molecule is COCCN(Cc1cccc(OC)c1OC)CC(O)COCC(C)C. The summed E-state index contributed by atoms with van der Waals surface area (Å²) in [6.07, 6.45) is -0.549. The van der Waals surface area contributed by atoms with E-state index >= 15 is 0 Å². The van der Waals surface area contributed by atoms with Crippen LogP contribution in [0.25, 0.3) is 0 Å². The number of benzene rings is 1. The van der Waals surface area contributed by atoms with Crippen LogP contribution in [0.4, 0.5) is 0 Å². The van der Waals surface area contributed by atoms with Crippen molar-refractivity contribution in [3.05, 3.63) is 23.8 Å². The number of nitrogens with zero attached hydrogens (tertiary/aromatic N) is 1. The van der Waals surface area contributed by atoms with E-state index in [0.29, 0.717) is 51.1 Å². The van der Waals surface area contributed by atoms with E-state index in [0.717, 1.165) is 11.3 Å². The molecule has 0 saturated carbocycles. The minimum absolute atomic E-state index is 0.330. The summed E-state index contributed by atoms with van der Waals surface area (Å²) in [6.45, 7) is 7.59. The Labute approximate surface area is 151 Å². The van der Waals surface area contributed by atoms with Crippen LogP contribution < -0.4 is 9.47 Å². The van der Waals surface area contributed by atoms with Crippen molar-refractivity contribution < 1.29 is 24.1 Å². The first-order chi connectivity index (χ1) is 12.0. The van der Waals surface area contributed by atoms with Gasteiger partial charge in [0.05, 0.1) is 33.5 Å². The van der Waals surface area contributed by atoms with Gasteiger partial charge in [0.25, 0.3) is 0 Å². The highest BCUT2D eigenvalue weighted by Crippen LogP contribution is 2.31. The maximum Gasteiger partial charge on any atom is 0.165 e. The van der Waals surface area contributed by atoms with Crippen LogP contribution >= 0.6 is 0 Å². The van der Waals surface area contributed by atoms with Crippen LogP contribution in [0, 0.1) is 5.92 Å². The van der Waals surface area contributed by atoms with Gasteiger partial charge in [0.2, 0.25) is 0 Å². The van der Waals surface area contributed by atoms with Crippen molar-refractivity contribution in [2.24, 2.45) is 5.92 Å². The van der Waals surface area contributed by atoms with Crippen LogP contribution in [0.1, 0.15) is 19.4 Å². The number of hydrogen-bond donors (Lipinski definition) is 1. The highest BCUT2D eigenvalue weighted by molar-refractivity contribution is 5.46. The first-order valence-corrected chi connectivity index (χ1v) is 8.68. The summed E-state index contributed by atoms with van der Waals surface area (Å²) in [5.74, 6) is 1.88. The van der Waals surface area contributed by atoms with E-state index in [4.69, 9.17) is 18.9 Å². The minimum Gasteiger partial charge on any atom is -0.493 e. The molecule has 0 fully saturated rings. The lowest BCUT2D eigenvalue weighted by Crippen LogP contribution is -2.36. The zero-order chi connectivity index (χ0) is 18.7. The first-order valence-electron chi connectivity index (χ1n) is 8.68. The average Bonchev–Trinajstić information content (AvgIpc) is 2.58. The zero-order valence-electron chi connectivity index (χ0n) is 16.2. The lowest BCUT2D eigenvalue weighted by Gasteiger charge is -2.26. The van der Waals surface area contributed by atoms with E-state index in [1.807, 2.05) is 18.2 Å². The summed E-state index contributed by atoms with van der Waals surface area (Å²) in [6, 6.07) is 5.81. The van der Waals surface area contributed by atoms with Crippen LogP contribution in [0.15, 0.2) is 18.2 Å². The number of ether oxygens (including phenoxy) is 4. The number of hydrogen-bond acceptors (Lipinski definition) is 6. The van der Waals surface area contributed by atoms with E-state index in [1.54, 1.807) is 21.3 Å². The van der Waals surface area contributed by atoms with Gasteiger partial charge in [-0.05, 0) is 12.0 Å². The minimum atomic E-state index is -0.549. The molecule has 6 heteroatoms. The third kappa shape index (κ3) is 8.05. The Balaban J connectivity index is 2.72. The Hall–Kier alpha value is -1.34. The molecule has 0 aromatic heterocycles. The normalized spacial score (nSPS) is 12.6. The molecule has 0 aliphatic heterocycles. The predicted octanol–water partition coefficient (Wildman–Crippen LogP) is 2.19. The smallest absolute Gasteiger partial charge is 0.165 e. The van der Waals surface area contributed by atoms with Crippen molar-refractivity contribution in [1.82, 2.24) is 4.90 Å². The molecule has 1 atom stereocenters.